The monoisotopic (exact) mass is 226 g/mol. The number of rotatable bonds is 0. The van der Waals surface area contributed by atoms with E-state index >= 15 is 0 Å². The van der Waals surface area contributed by atoms with Crippen LogP contribution < -0.4 is 0 Å². The van der Waals surface area contributed by atoms with E-state index < -0.39 is 16.5 Å². The molecule has 0 spiro atoms. The van der Waals surface area contributed by atoms with E-state index in [2.05, 4.69) is 4.31 Å². The third-order valence-electron chi connectivity index (χ3n) is 1.57. The Kier molecular flexibility index (Phi) is 5.60. The smallest absolute Gasteiger partial charge is 0.116 e. The molecule has 1 aliphatic heterocycles. The van der Waals surface area contributed by atoms with Crippen molar-refractivity contribution >= 4 is 16.5 Å². The van der Waals surface area contributed by atoms with Crippen LogP contribution in [0.1, 0.15) is 25.7 Å². The van der Waals surface area contributed by atoms with Crippen molar-refractivity contribution in [3.8, 4) is 0 Å². The molecule has 0 amide bonds. The van der Waals surface area contributed by atoms with Crippen LogP contribution in [0.4, 0.5) is 0 Å². The van der Waals surface area contributed by atoms with E-state index in [4.69, 9.17) is 9.05 Å². The molecule has 0 bridgehead atoms. The summed E-state index contributed by atoms with van der Waals surface area (Å²) in [7, 11) is -4.55. The second-order valence-electron chi connectivity index (χ2n) is 2.61. The summed E-state index contributed by atoms with van der Waals surface area (Å²) in [6.45, 7) is 0.775. The van der Waals surface area contributed by atoms with Crippen LogP contribution in [0.5, 0.6) is 0 Å². The lowest BCUT2D eigenvalue weighted by molar-refractivity contribution is 0.258. The molecule has 5 nitrogen and oxygen atoms in total. The van der Waals surface area contributed by atoms with Gasteiger partial charge in [0, 0.05) is 9.13 Å². The van der Waals surface area contributed by atoms with E-state index in [0.717, 1.165) is 25.7 Å². The van der Waals surface area contributed by atoms with Crippen molar-refractivity contribution in [2.24, 2.45) is 0 Å². The maximum Gasteiger partial charge on any atom is 0.747 e. The molecule has 1 fully saturated rings. The maximum absolute atomic E-state index is 10.9. The van der Waals surface area contributed by atoms with Gasteiger partial charge in [0.05, 0.1) is 0 Å². The van der Waals surface area contributed by atoms with Gasteiger partial charge in [0.1, 0.15) is 13.2 Å². The van der Waals surface area contributed by atoms with Crippen molar-refractivity contribution in [1.29, 1.82) is 0 Å². The second-order valence-corrected chi connectivity index (χ2v) is 4.67. The third kappa shape index (κ3) is 5.40. The zero-order chi connectivity index (χ0) is 9.52. The van der Waals surface area contributed by atoms with Gasteiger partial charge in [0.25, 0.3) is 0 Å². The Bertz CT molecular complexity index is 175. The summed E-state index contributed by atoms with van der Waals surface area (Å²) < 4.78 is 35.7. The van der Waals surface area contributed by atoms with E-state index in [0.29, 0.717) is 13.2 Å². The van der Waals surface area contributed by atoms with E-state index in [9.17, 15) is 9.13 Å². The molecule has 0 aliphatic carbocycles. The van der Waals surface area contributed by atoms with Gasteiger partial charge in [-0.2, -0.15) is 0 Å². The minimum atomic E-state index is -2.27. The van der Waals surface area contributed by atoms with Gasteiger partial charge in [-0.15, -0.1) is 9.05 Å². The van der Waals surface area contributed by atoms with Crippen LogP contribution in [0.2, 0.25) is 0 Å². The first kappa shape index (κ1) is 11.2. The zero-order valence-electron chi connectivity index (χ0n) is 7.18. The molecule has 7 heteroatoms. The summed E-state index contributed by atoms with van der Waals surface area (Å²) in [5.41, 5.74) is 0. The minimum Gasteiger partial charge on any atom is -0.116 e. The molecule has 1 saturated heterocycles. The van der Waals surface area contributed by atoms with E-state index in [-0.39, 0.29) is 0 Å². The highest BCUT2D eigenvalue weighted by molar-refractivity contribution is 7.47. The predicted molar refractivity (Wildman–Crippen MR) is 46.7 cm³/mol. The Morgan fingerprint density at radius 1 is 0.769 bits per heavy atom. The van der Waals surface area contributed by atoms with Crippen LogP contribution in [-0.2, 0) is 22.5 Å². The molecule has 1 heterocycles. The molecule has 13 heavy (non-hydrogen) atoms. The predicted octanol–water partition coefficient (Wildman–Crippen LogP) is 2.93. The summed E-state index contributed by atoms with van der Waals surface area (Å²) in [6, 6.07) is 0. The molecule has 0 saturated carbocycles. The zero-order valence-corrected chi connectivity index (χ0v) is 8.97. The lowest BCUT2D eigenvalue weighted by atomic mass is 10.2. The quantitative estimate of drug-likeness (QED) is 0.594. The largest absolute Gasteiger partial charge is 0.747 e. The Morgan fingerprint density at radius 2 is 1.23 bits per heavy atom. The van der Waals surface area contributed by atoms with E-state index in [1.807, 2.05) is 0 Å². The maximum atomic E-state index is 10.9. The highest BCUT2D eigenvalue weighted by Gasteiger charge is 2.39. The van der Waals surface area contributed by atoms with Crippen LogP contribution in [0.3, 0.4) is 0 Å². The van der Waals surface area contributed by atoms with E-state index in [1.165, 1.54) is 0 Å². The summed E-state index contributed by atoms with van der Waals surface area (Å²) in [5, 5.41) is 0. The molecule has 0 N–H and O–H groups in total. The van der Waals surface area contributed by atoms with Gasteiger partial charge in [0.15, 0.2) is 4.31 Å². The van der Waals surface area contributed by atoms with Gasteiger partial charge in [-0.25, -0.2) is 0 Å². The van der Waals surface area contributed by atoms with Gasteiger partial charge >= 0.3 is 16.5 Å². The molecular formula is C6H12O5P2+2. The third-order valence-corrected chi connectivity index (χ3v) is 3.42. The molecule has 2 atom stereocenters. The van der Waals surface area contributed by atoms with Gasteiger partial charge < -0.3 is 0 Å². The molecule has 2 unspecified atom stereocenters. The van der Waals surface area contributed by atoms with Gasteiger partial charge in [-0.1, -0.05) is 12.8 Å². The van der Waals surface area contributed by atoms with Crippen molar-refractivity contribution in [2.45, 2.75) is 25.7 Å². The highest BCUT2D eigenvalue weighted by atomic mass is 31.2. The Morgan fingerprint density at radius 3 is 1.69 bits per heavy atom. The van der Waals surface area contributed by atoms with Gasteiger partial charge in [-0.05, 0) is 12.8 Å². The molecule has 0 aromatic heterocycles. The van der Waals surface area contributed by atoms with Crippen molar-refractivity contribution < 1.29 is 22.5 Å². The standard InChI is InChI=1S/C6H12O5P2/c7-12-9-5-3-1-2-4-6-10-13(8)11-12/h1-6H2/q+2. The molecule has 0 aromatic carbocycles. The SMILES string of the molecule is O=[P+]1OCCCCCCO[P+](=O)O1. The summed E-state index contributed by atoms with van der Waals surface area (Å²) >= 11 is 0. The average molecular weight is 226 g/mol. The summed E-state index contributed by atoms with van der Waals surface area (Å²) in [5.74, 6) is 0. The minimum absolute atomic E-state index is 0.387. The lowest BCUT2D eigenvalue weighted by Gasteiger charge is -1.93. The topological polar surface area (TPSA) is 61.8 Å². The second kappa shape index (κ2) is 6.52. The Labute approximate surface area is 78.7 Å². The van der Waals surface area contributed by atoms with Gasteiger partial charge in [-0.3, -0.25) is 0 Å². The molecule has 0 aromatic rings. The van der Waals surface area contributed by atoms with Crippen LogP contribution in [-0.4, -0.2) is 13.2 Å². The molecule has 74 valence electrons. The molecular weight excluding hydrogens is 214 g/mol. The van der Waals surface area contributed by atoms with Crippen LogP contribution in [0.15, 0.2) is 0 Å². The fraction of sp³-hybridized carbons (Fsp3) is 1.00. The molecule has 1 aliphatic rings. The Balaban J connectivity index is 2.34. The average Bonchev–Trinajstić information content (AvgIpc) is 2.11. The highest BCUT2D eigenvalue weighted by Crippen LogP contribution is 2.40. The van der Waals surface area contributed by atoms with Crippen LogP contribution in [0, 0.1) is 0 Å². The Hall–Kier alpha value is 0.0800. The first-order chi connectivity index (χ1) is 6.29. The fourth-order valence-corrected chi connectivity index (χ4v) is 2.31. The summed E-state index contributed by atoms with van der Waals surface area (Å²) in [6.07, 6.45) is 3.70. The van der Waals surface area contributed by atoms with E-state index in [1.54, 1.807) is 0 Å². The van der Waals surface area contributed by atoms with Crippen molar-refractivity contribution in [3.05, 3.63) is 0 Å². The number of hydrogen-bond donors (Lipinski definition) is 0. The van der Waals surface area contributed by atoms with Gasteiger partial charge in [0.2, 0.25) is 0 Å². The first-order valence-corrected chi connectivity index (χ1v) is 6.36. The first-order valence-electron chi connectivity index (χ1n) is 4.17. The number of hydrogen-bond acceptors (Lipinski definition) is 5. The molecule has 0 radical (unpaired) electrons. The van der Waals surface area contributed by atoms with Crippen molar-refractivity contribution in [2.75, 3.05) is 13.2 Å². The molecule has 1 rings (SSSR count). The lowest BCUT2D eigenvalue weighted by Crippen LogP contribution is -1.88. The van der Waals surface area contributed by atoms with Crippen LogP contribution >= 0.6 is 16.5 Å². The normalized spacial score (nSPS) is 28.0. The van der Waals surface area contributed by atoms with Crippen molar-refractivity contribution in [1.82, 2.24) is 0 Å². The fourth-order valence-electron chi connectivity index (χ4n) is 0.937. The van der Waals surface area contributed by atoms with Crippen molar-refractivity contribution in [3.63, 3.8) is 0 Å². The van der Waals surface area contributed by atoms with Crippen LogP contribution in [0.25, 0.3) is 0 Å². The summed E-state index contributed by atoms with van der Waals surface area (Å²) in [4.78, 5) is 0.